The molecule has 8 heteroatoms. The number of nitrogen functional groups attached to an aromatic ring is 1. The second-order valence-corrected chi connectivity index (χ2v) is 12.5. The highest BCUT2D eigenvalue weighted by atomic mass is 127. The lowest BCUT2D eigenvalue weighted by Gasteiger charge is -2.44. The first-order chi connectivity index (χ1) is 14.1. The van der Waals surface area contributed by atoms with Crippen LogP contribution in [-0.4, -0.2) is 32.4 Å². The Morgan fingerprint density at radius 1 is 1.23 bits per heavy atom. The van der Waals surface area contributed by atoms with E-state index in [-0.39, 0.29) is 16.2 Å². The lowest BCUT2D eigenvalue weighted by atomic mass is 9.73. The van der Waals surface area contributed by atoms with Crippen molar-refractivity contribution in [2.75, 3.05) is 23.7 Å². The highest BCUT2D eigenvalue weighted by molar-refractivity contribution is 14.1. The molecule has 2 aromatic rings. The summed E-state index contributed by atoms with van der Waals surface area (Å²) in [4.78, 5) is 11.4. The standard InChI is InChI=1S/C22H30IN5OS/c1-14-17(23)19(24)26-20(25-14)28-11-9-22(10-12-28)13-15-7-5-6-8-16(15)18(22)27-30(29)21(2,3)4/h5-8,18,27H,9-13H2,1-4H3,(H2,24,25,26)/t18-,30?/m1/s1. The molecule has 3 N–H and O–H groups in total. The van der Waals surface area contributed by atoms with E-state index in [0.717, 1.165) is 47.6 Å². The van der Waals surface area contributed by atoms with E-state index in [1.165, 1.54) is 11.1 Å². The quantitative estimate of drug-likeness (QED) is 0.454. The molecule has 6 nitrogen and oxygen atoms in total. The number of benzene rings is 1. The lowest BCUT2D eigenvalue weighted by molar-refractivity contribution is 0.175. The summed E-state index contributed by atoms with van der Waals surface area (Å²) in [6.07, 6.45) is 3.01. The van der Waals surface area contributed by atoms with Crippen LogP contribution < -0.4 is 15.4 Å². The Morgan fingerprint density at radius 2 is 1.90 bits per heavy atom. The van der Waals surface area contributed by atoms with Gasteiger partial charge in [-0.15, -0.1) is 4.72 Å². The normalized spacial score (nSPS) is 21.7. The molecule has 1 aromatic carbocycles. The van der Waals surface area contributed by atoms with Crippen molar-refractivity contribution in [3.8, 4) is 0 Å². The van der Waals surface area contributed by atoms with Gasteiger partial charge < -0.3 is 15.2 Å². The Balaban J connectivity index is 1.58. The maximum absolute atomic E-state index is 13.0. The predicted molar refractivity (Wildman–Crippen MR) is 132 cm³/mol. The molecule has 30 heavy (non-hydrogen) atoms. The van der Waals surface area contributed by atoms with Gasteiger partial charge in [0.15, 0.2) is 0 Å². The molecule has 0 amide bonds. The summed E-state index contributed by atoms with van der Waals surface area (Å²) in [6, 6.07) is 8.71. The summed E-state index contributed by atoms with van der Waals surface area (Å²) in [5.74, 6) is 1.27. The van der Waals surface area contributed by atoms with Crippen molar-refractivity contribution in [2.24, 2.45) is 5.41 Å². The van der Waals surface area contributed by atoms with Gasteiger partial charge in [-0.25, -0.2) is 4.98 Å². The first kappa shape index (κ1) is 22.1. The molecule has 162 valence electrons. The van der Waals surface area contributed by atoms with Crippen LogP contribution in [0.15, 0.2) is 24.3 Å². The predicted octanol–water partition coefficient (Wildman–Crippen LogP) is 3.91. The third-order valence-corrected chi connectivity index (χ3v) is 9.27. The van der Waals surface area contributed by atoms with Crippen molar-refractivity contribution in [3.05, 3.63) is 44.7 Å². The number of piperidine rings is 1. The van der Waals surface area contributed by atoms with Gasteiger partial charge in [-0.2, -0.15) is 4.98 Å². The van der Waals surface area contributed by atoms with E-state index in [0.29, 0.717) is 5.82 Å². The SMILES string of the molecule is Cc1nc(N2CCC3(CC2)Cc2ccccc2[C@H]3N[S+]([O-])C(C)(C)C)nc(N)c1I. The van der Waals surface area contributed by atoms with Crippen LogP contribution in [0.1, 0.15) is 56.5 Å². The van der Waals surface area contributed by atoms with E-state index >= 15 is 0 Å². The lowest BCUT2D eigenvalue weighted by Crippen LogP contribution is -2.50. The third-order valence-electron chi connectivity index (χ3n) is 6.37. The molecule has 1 fully saturated rings. The van der Waals surface area contributed by atoms with E-state index in [4.69, 9.17) is 5.73 Å². The van der Waals surface area contributed by atoms with Crippen molar-refractivity contribution < 1.29 is 4.55 Å². The number of nitrogens with one attached hydrogen (secondary N) is 1. The van der Waals surface area contributed by atoms with Crippen LogP contribution >= 0.6 is 22.6 Å². The zero-order chi connectivity index (χ0) is 21.7. The smallest absolute Gasteiger partial charge is 0.227 e. The largest absolute Gasteiger partial charge is 0.598 e. The Labute approximate surface area is 195 Å². The molecule has 1 aliphatic heterocycles. The summed E-state index contributed by atoms with van der Waals surface area (Å²) < 4.78 is 17.1. The molecular formula is C22H30IN5OS. The Hall–Kier alpha value is -1.10. The molecule has 0 saturated carbocycles. The monoisotopic (exact) mass is 539 g/mol. The molecular weight excluding hydrogens is 509 g/mol. The zero-order valence-electron chi connectivity index (χ0n) is 18.0. The van der Waals surface area contributed by atoms with Gasteiger partial charge in [-0.3, -0.25) is 0 Å². The van der Waals surface area contributed by atoms with Crippen LogP contribution in [-0.2, 0) is 17.8 Å². The molecule has 0 bridgehead atoms. The summed E-state index contributed by atoms with van der Waals surface area (Å²) >= 11 is 1.08. The van der Waals surface area contributed by atoms with Crippen molar-refractivity contribution in [1.82, 2.24) is 14.7 Å². The number of hydrogen-bond donors (Lipinski definition) is 2. The van der Waals surface area contributed by atoms with Crippen LogP contribution in [0.3, 0.4) is 0 Å². The highest BCUT2D eigenvalue weighted by Crippen LogP contribution is 2.52. The van der Waals surface area contributed by atoms with Gasteiger partial charge in [0.05, 0.1) is 15.3 Å². The molecule has 4 rings (SSSR count). The van der Waals surface area contributed by atoms with E-state index in [2.05, 4.69) is 66.4 Å². The minimum absolute atomic E-state index is 0.0604. The number of aryl methyl sites for hydroxylation is 1. The number of nitrogens with zero attached hydrogens (tertiary/aromatic N) is 3. The van der Waals surface area contributed by atoms with Crippen LogP contribution in [0.2, 0.25) is 0 Å². The molecule has 2 aliphatic rings. The molecule has 0 radical (unpaired) electrons. The molecule has 2 atom stereocenters. The van der Waals surface area contributed by atoms with Gasteiger partial charge in [0.25, 0.3) is 0 Å². The number of aromatic nitrogens is 2. The van der Waals surface area contributed by atoms with Gasteiger partial charge in [0.2, 0.25) is 5.95 Å². The zero-order valence-corrected chi connectivity index (χ0v) is 21.0. The number of halogens is 1. The summed E-state index contributed by atoms with van der Waals surface area (Å²) in [5.41, 5.74) is 9.75. The van der Waals surface area contributed by atoms with E-state index < -0.39 is 11.4 Å². The van der Waals surface area contributed by atoms with Crippen LogP contribution in [0, 0.1) is 15.9 Å². The number of fused-ring (bicyclic) bond motifs is 1. The summed E-state index contributed by atoms with van der Waals surface area (Å²) in [5, 5.41) is 0. The molecule has 1 aromatic heterocycles. The highest BCUT2D eigenvalue weighted by Gasteiger charge is 2.50. The Kier molecular flexibility index (Phi) is 5.97. The summed E-state index contributed by atoms with van der Waals surface area (Å²) in [7, 11) is 0. The fraction of sp³-hybridized carbons (Fsp3) is 0.545. The van der Waals surface area contributed by atoms with Crippen LogP contribution in [0.5, 0.6) is 0 Å². The maximum Gasteiger partial charge on any atom is 0.227 e. The fourth-order valence-corrected chi connectivity index (χ4v) is 5.77. The maximum atomic E-state index is 13.0. The Bertz CT molecular complexity index is 916. The fourth-order valence-electron chi connectivity index (χ4n) is 4.59. The van der Waals surface area contributed by atoms with E-state index in [1.807, 2.05) is 27.7 Å². The number of nitrogens with two attached hydrogens (primary N) is 1. The first-order valence-corrected chi connectivity index (χ1v) is 12.6. The molecule has 1 saturated heterocycles. The van der Waals surface area contributed by atoms with Gasteiger partial charge in [-0.05, 0) is 80.7 Å². The van der Waals surface area contributed by atoms with Crippen LogP contribution in [0.4, 0.5) is 11.8 Å². The van der Waals surface area contributed by atoms with Gasteiger partial charge in [0, 0.05) is 29.9 Å². The van der Waals surface area contributed by atoms with Crippen molar-refractivity contribution in [2.45, 2.75) is 57.7 Å². The average Bonchev–Trinajstić information content (AvgIpc) is 2.98. The van der Waals surface area contributed by atoms with Gasteiger partial charge in [-0.1, -0.05) is 24.3 Å². The third kappa shape index (κ3) is 4.03. The van der Waals surface area contributed by atoms with Crippen molar-refractivity contribution >= 4 is 45.7 Å². The van der Waals surface area contributed by atoms with Crippen LogP contribution in [0.25, 0.3) is 0 Å². The number of anilines is 2. The van der Waals surface area contributed by atoms with Crippen molar-refractivity contribution in [3.63, 3.8) is 0 Å². The van der Waals surface area contributed by atoms with E-state index in [9.17, 15) is 4.55 Å². The molecule has 1 aliphatic carbocycles. The Morgan fingerprint density at radius 3 is 2.53 bits per heavy atom. The van der Waals surface area contributed by atoms with E-state index in [1.54, 1.807) is 0 Å². The number of rotatable bonds is 3. The van der Waals surface area contributed by atoms with Gasteiger partial charge in [0.1, 0.15) is 10.6 Å². The molecule has 2 heterocycles. The number of hydrogen-bond acceptors (Lipinski definition) is 6. The topological polar surface area (TPSA) is 90.1 Å². The molecule has 1 unspecified atom stereocenters. The average molecular weight is 539 g/mol. The van der Waals surface area contributed by atoms with Gasteiger partial charge >= 0.3 is 0 Å². The second kappa shape index (κ2) is 8.11. The second-order valence-electron chi connectivity index (χ2n) is 9.47. The minimum atomic E-state index is -1.12. The molecule has 1 spiro atoms. The minimum Gasteiger partial charge on any atom is -0.598 e. The van der Waals surface area contributed by atoms with Crippen molar-refractivity contribution in [1.29, 1.82) is 0 Å². The first-order valence-electron chi connectivity index (χ1n) is 10.4. The summed E-state index contributed by atoms with van der Waals surface area (Å²) in [6.45, 7) is 9.78.